The Morgan fingerprint density at radius 2 is 1.81 bits per heavy atom. The molecule has 1 aromatic heterocycles. The zero-order valence-corrected chi connectivity index (χ0v) is 21.1. The lowest BCUT2D eigenvalue weighted by Crippen LogP contribution is -2.28. The van der Waals surface area contributed by atoms with Gasteiger partial charge in [-0.05, 0) is 59.9 Å². The summed E-state index contributed by atoms with van der Waals surface area (Å²) in [7, 11) is -3.50. The Labute approximate surface area is 215 Å². The van der Waals surface area contributed by atoms with E-state index in [4.69, 9.17) is 11.6 Å². The van der Waals surface area contributed by atoms with E-state index in [9.17, 15) is 18.3 Å². The van der Waals surface area contributed by atoms with Gasteiger partial charge in [0.05, 0.1) is 23.0 Å². The van der Waals surface area contributed by atoms with Crippen LogP contribution in [0.3, 0.4) is 0 Å². The predicted molar refractivity (Wildman–Crippen MR) is 145 cm³/mol. The number of sulfonamides is 1. The Morgan fingerprint density at radius 1 is 1.03 bits per heavy atom. The minimum absolute atomic E-state index is 0.219. The van der Waals surface area contributed by atoms with Crippen molar-refractivity contribution in [1.29, 1.82) is 0 Å². The number of rotatable bonds is 9. The Hall–Kier alpha value is -3.52. The standard InChI is InChI=1S/C28H25ClN2O4S/c1-36(34,35)31-26(16-12-20-6-2-3-8-25(20)28(32)33)22-7-4-5-19(17-22)9-14-24-15-11-21-10-13-23(29)18-27(21)30-24/h2-11,13-15,17-18,26,31H,12,16H2,1H3,(H,32,33)/b14-9+. The Morgan fingerprint density at radius 3 is 2.58 bits per heavy atom. The lowest BCUT2D eigenvalue weighted by Gasteiger charge is -2.19. The van der Waals surface area contributed by atoms with Crippen LogP contribution < -0.4 is 4.72 Å². The molecule has 2 N–H and O–H groups in total. The number of pyridine rings is 1. The van der Waals surface area contributed by atoms with E-state index >= 15 is 0 Å². The zero-order chi connectivity index (χ0) is 25.7. The van der Waals surface area contributed by atoms with Gasteiger partial charge in [0.2, 0.25) is 10.0 Å². The van der Waals surface area contributed by atoms with Gasteiger partial charge in [0.25, 0.3) is 0 Å². The molecular formula is C28H25ClN2O4S. The summed E-state index contributed by atoms with van der Waals surface area (Å²) in [6, 6.07) is 23.3. The molecule has 36 heavy (non-hydrogen) atoms. The molecule has 3 aromatic carbocycles. The maximum absolute atomic E-state index is 12.1. The third kappa shape index (κ3) is 6.79. The minimum atomic E-state index is -3.50. The van der Waals surface area contributed by atoms with Crippen molar-refractivity contribution in [3.63, 3.8) is 0 Å². The van der Waals surface area contributed by atoms with Crippen LogP contribution in [0.1, 0.15) is 45.2 Å². The SMILES string of the molecule is CS(=O)(=O)NC(CCc1ccccc1C(=O)O)c1cccc(/C=C/c2ccc3ccc(Cl)cc3n2)c1. The second-order valence-electron chi connectivity index (χ2n) is 8.52. The van der Waals surface area contributed by atoms with Gasteiger partial charge in [0, 0.05) is 16.5 Å². The summed E-state index contributed by atoms with van der Waals surface area (Å²) >= 11 is 6.09. The number of halogens is 1. The molecule has 0 radical (unpaired) electrons. The first-order valence-electron chi connectivity index (χ1n) is 11.3. The summed E-state index contributed by atoms with van der Waals surface area (Å²) in [5.74, 6) is -1.00. The normalized spacial score (nSPS) is 12.7. The fraction of sp³-hybridized carbons (Fsp3) is 0.143. The molecule has 0 aliphatic carbocycles. The molecule has 0 saturated carbocycles. The third-order valence-electron chi connectivity index (χ3n) is 5.74. The van der Waals surface area contributed by atoms with Crippen LogP contribution in [0.5, 0.6) is 0 Å². The molecule has 4 aromatic rings. The summed E-state index contributed by atoms with van der Waals surface area (Å²) in [5, 5.41) is 11.1. The van der Waals surface area contributed by atoms with Crippen LogP contribution in [0.25, 0.3) is 23.1 Å². The first-order chi connectivity index (χ1) is 17.2. The van der Waals surface area contributed by atoms with Gasteiger partial charge in [-0.1, -0.05) is 72.3 Å². The summed E-state index contributed by atoms with van der Waals surface area (Å²) in [6.45, 7) is 0. The van der Waals surface area contributed by atoms with Crippen LogP contribution in [0, 0.1) is 0 Å². The molecule has 0 amide bonds. The van der Waals surface area contributed by atoms with E-state index in [2.05, 4.69) is 9.71 Å². The molecular weight excluding hydrogens is 496 g/mol. The maximum atomic E-state index is 12.1. The van der Waals surface area contributed by atoms with Gasteiger partial charge in [-0.25, -0.2) is 22.9 Å². The van der Waals surface area contributed by atoms with Crippen LogP contribution in [-0.2, 0) is 16.4 Å². The summed E-state index contributed by atoms with van der Waals surface area (Å²) in [6.07, 6.45) is 5.73. The number of hydrogen-bond donors (Lipinski definition) is 2. The van der Waals surface area contributed by atoms with Crippen molar-refractivity contribution in [3.8, 4) is 0 Å². The molecule has 184 valence electrons. The van der Waals surface area contributed by atoms with E-state index in [0.29, 0.717) is 23.4 Å². The van der Waals surface area contributed by atoms with Gasteiger partial charge >= 0.3 is 5.97 Å². The summed E-state index contributed by atoms with van der Waals surface area (Å²) in [5.41, 5.74) is 4.12. The number of carboxylic acid groups (broad SMARTS) is 1. The van der Waals surface area contributed by atoms with Crippen molar-refractivity contribution >= 4 is 50.6 Å². The summed E-state index contributed by atoms with van der Waals surface area (Å²) < 4.78 is 26.9. The highest BCUT2D eigenvalue weighted by molar-refractivity contribution is 7.88. The number of fused-ring (bicyclic) bond motifs is 1. The van der Waals surface area contributed by atoms with Crippen LogP contribution in [0.4, 0.5) is 0 Å². The molecule has 0 bridgehead atoms. The van der Waals surface area contributed by atoms with Crippen molar-refractivity contribution in [2.45, 2.75) is 18.9 Å². The Kier molecular flexibility index (Phi) is 7.84. The molecule has 1 heterocycles. The van der Waals surface area contributed by atoms with Crippen molar-refractivity contribution in [2.75, 3.05) is 6.26 Å². The monoisotopic (exact) mass is 520 g/mol. The zero-order valence-electron chi connectivity index (χ0n) is 19.6. The van der Waals surface area contributed by atoms with Gasteiger partial charge < -0.3 is 5.11 Å². The highest BCUT2D eigenvalue weighted by Gasteiger charge is 2.18. The van der Waals surface area contributed by atoms with Gasteiger partial charge in [-0.2, -0.15) is 0 Å². The van der Waals surface area contributed by atoms with Crippen LogP contribution in [0.2, 0.25) is 5.02 Å². The number of carboxylic acids is 1. The van der Waals surface area contributed by atoms with Gasteiger partial charge in [-0.15, -0.1) is 0 Å². The predicted octanol–water partition coefficient (Wildman–Crippen LogP) is 5.98. The van der Waals surface area contributed by atoms with Crippen molar-refractivity contribution in [3.05, 3.63) is 112 Å². The molecule has 4 rings (SSSR count). The highest BCUT2D eigenvalue weighted by Crippen LogP contribution is 2.24. The lowest BCUT2D eigenvalue weighted by molar-refractivity contribution is 0.0695. The molecule has 0 saturated heterocycles. The molecule has 1 atom stereocenters. The Balaban J connectivity index is 1.58. The minimum Gasteiger partial charge on any atom is -0.478 e. The largest absolute Gasteiger partial charge is 0.478 e. The number of aromatic carboxylic acids is 1. The van der Waals surface area contributed by atoms with Gasteiger partial charge in [0.15, 0.2) is 0 Å². The van der Waals surface area contributed by atoms with E-state index in [1.165, 1.54) is 0 Å². The maximum Gasteiger partial charge on any atom is 0.335 e. The summed E-state index contributed by atoms with van der Waals surface area (Å²) in [4.78, 5) is 16.2. The Bertz CT molecular complexity index is 1550. The second kappa shape index (κ2) is 11.0. The van der Waals surface area contributed by atoms with Gasteiger partial charge in [0.1, 0.15) is 0 Å². The molecule has 0 aliphatic heterocycles. The molecule has 0 spiro atoms. The highest BCUT2D eigenvalue weighted by atomic mass is 35.5. The number of nitrogens with one attached hydrogen (secondary N) is 1. The number of nitrogens with zero attached hydrogens (tertiary/aromatic N) is 1. The topological polar surface area (TPSA) is 96.4 Å². The van der Waals surface area contributed by atoms with E-state index in [1.807, 2.05) is 66.7 Å². The molecule has 8 heteroatoms. The van der Waals surface area contributed by atoms with E-state index in [1.54, 1.807) is 24.3 Å². The lowest BCUT2D eigenvalue weighted by atomic mass is 9.96. The number of benzene rings is 3. The van der Waals surface area contributed by atoms with Crippen molar-refractivity contribution < 1.29 is 18.3 Å². The fourth-order valence-corrected chi connectivity index (χ4v) is 5.00. The van der Waals surface area contributed by atoms with E-state index in [0.717, 1.165) is 34.0 Å². The molecule has 6 nitrogen and oxygen atoms in total. The first-order valence-corrected chi connectivity index (χ1v) is 13.6. The van der Waals surface area contributed by atoms with Crippen LogP contribution in [0.15, 0.2) is 78.9 Å². The van der Waals surface area contributed by atoms with Crippen LogP contribution in [-0.4, -0.2) is 30.7 Å². The number of carbonyl (C=O) groups is 1. The number of aryl methyl sites for hydroxylation is 1. The average molecular weight is 521 g/mol. The third-order valence-corrected chi connectivity index (χ3v) is 6.69. The van der Waals surface area contributed by atoms with E-state index in [-0.39, 0.29) is 5.56 Å². The van der Waals surface area contributed by atoms with Crippen molar-refractivity contribution in [2.24, 2.45) is 0 Å². The molecule has 0 aliphatic rings. The smallest absolute Gasteiger partial charge is 0.335 e. The van der Waals surface area contributed by atoms with Crippen molar-refractivity contribution in [1.82, 2.24) is 9.71 Å². The number of hydrogen-bond acceptors (Lipinski definition) is 4. The first kappa shape index (κ1) is 25.6. The quantitative estimate of drug-likeness (QED) is 0.283. The molecule has 1 unspecified atom stereocenters. The van der Waals surface area contributed by atoms with Crippen LogP contribution >= 0.6 is 11.6 Å². The van der Waals surface area contributed by atoms with E-state index < -0.39 is 22.0 Å². The number of aromatic nitrogens is 1. The van der Waals surface area contributed by atoms with Gasteiger partial charge in [-0.3, -0.25) is 0 Å². The second-order valence-corrected chi connectivity index (χ2v) is 10.7. The average Bonchev–Trinajstić information content (AvgIpc) is 2.84. The fourth-order valence-electron chi connectivity index (χ4n) is 4.06. The molecule has 0 fully saturated rings.